The lowest BCUT2D eigenvalue weighted by atomic mass is 10.1. The van der Waals surface area contributed by atoms with E-state index in [2.05, 4.69) is 40.7 Å². The van der Waals surface area contributed by atoms with Gasteiger partial charge in [0.05, 0.1) is 12.6 Å². The van der Waals surface area contributed by atoms with Gasteiger partial charge in [-0.05, 0) is 49.8 Å². The molecule has 0 bridgehead atoms. The van der Waals surface area contributed by atoms with Crippen molar-refractivity contribution in [1.29, 1.82) is 0 Å². The monoisotopic (exact) mass is 535 g/mol. The summed E-state index contributed by atoms with van der Waals surface area (Å²) in [5, 5.41) is 15.4. The van der Waals surface area contributed by atoms with Crippen LogP contribution in [0.4, 0.5) is 0 Å². The van der Waals surface area contributed by atoms with E-state index < -0.39 is 41.8 Å². The lowest BCUT2D eigenvalue weighted by molar-refractivity contribution is -0.144. The van der Waals surface area contributed by atoms with Crippen molar-refractivity contribution < 1.29 is 24.3 Å². The second-order valence-electron chi connectivity index (χ2n) is 9.58. The molecule has 3 atom stereocenters. The van der Waals surface area contributed by atoms with E-state index in [0.29, 0.717) is 25.8 Å². The van der Waals surface area contributed by atoms with Gasteiger partial charge in [0.25, 0.3) is 0 Å². The van der Waals surface area contributed by atoms with E-state index in [1.807, 2.05) is 42.6 Å². The van der Waals surface area contributed by atoms with Gasteiger partial charge in [0.15, 0.2) is 0 Å². The molecular formula is C29H37N5O5. The Labute approximate surface area is 227 Å². The highest BCUT2D eigenvalue weighted by Crippen LogP contribution is 2.18. The molecule has 39 heavy (non-hydrogen) atoms. The van der Waals surface area contributed by atoms with Gasteiger partial charge in [-0.1, -0.05) is 55.5 Å². The molecule has 1 fully saturated rings. The first kappa shape index (κ1) is 29.4. The molecule has 0 radical (unpaired) electrons. The molecule has 1 aromatic heterocycles. The standard InChI is InChI=1S/C20H28N4O5.C9H9N/c1-2-15(20(28)29)23-19(27)16-9-6-10-24(16)17(25)12-22-18(26)14(21)11-13-7-4-3-5-8-13;1-7-6-10-9-5-3-2-4-8(7)9/h3-5,7-8,14-16H,2,6,9-12,21H2,1H3,(H,22,26)(H,23,27)(H,28,29);2-6,10H,1H3. The number of para-hydroxylation sites is 1. The van der Waals surface area contributed by atoms with Crippen LogP contribution in [0.2, 0.25) is 0 Å². The van der Waals surface area contributed by atoms with Gasteiger partial charge >= 0.3 is 5.97 Å². The second-order valence-corrected chi connectivity index (χ2v) is 9.58. The molecule has 1 aliphatic heterocycles. The molecule has 3 aromatic rings. The number of nitrogens with one attached hydrogen (secondary N) is 3. The third-order valence-corrected chi connectivity index (χ3v) is 6.74. The Kier molecular flexibility index (Phi) is 10.6. The van der Waals surface area contributed by atoms with E-state index in [0.717, 1.165) is 5.56 Å². The number of likely N-dealkylation sites (tertiary alicyclic amines) is 1. The summed E-state index contributed by atoms with van der Waals surface area (Å²) in [6.45, 7) is 3.89. The van der Waals surface area contributed by atoms with Crippen molar-refractivity contribution in [2.45, 2.75) is 57.7 Å². The zero-order valence-corrected chi connectivity index (χ0v) is 22.4. The first-order chi connectivity index (χ1) is 18.7. The molecule has 0 aliphatic carbocycles. The van der Waals surface area contributed by atoms with Crippen LogP contribution in [-0.2, 0) is 25.6 Å². The third kappa shape index (κ3) is 8.15. The molecule has 2 heterocycles. The van der Waals surface area contributed by atoms with Crippen LogP contribution in [0, 0.1) is 6.92 Å². The number of carboxylic acid groups (broad SMARTS) is 1. The van der Waals surface area contributed by atoms with Gasteiger partial charge in [-0.2, -0.15) is 0 Å². The number of aliphatic carboxylic acids is 1. The first-order valence-electron chi connectivity index (χ1n) is 13.1. The predicted octanol–water partition coefficient (Wildman–Crippen LogP) is 2.12. The van der Waals surface area contributed by atoms with Gasteiger partial charge in [0, 0.05) is 23.6 Å². The van der Waals surface area contributed by atoms with E-state index in [1.165, 1.54) is 21.4 Å². The topological polar surface area (TPSA) is 158 Å². The summed E-state index contributed by atoms with van der Waals surface area (Å²) >= 11 is 0. The minimum absolute atomic E-state index is 0.247. The first-order valence-corrected chi connectivity index (χ1v) is 13.1. The fraction of sp³-hybridized carbons (Fsp3) is 0.379. The third-order valence-electron chi connectivity index (χ3n) is 6.74. The van der Waals surface area contributed by atoms with E-state index in [-0.39, 0.29) is 13.0 Å². The number of fused-ring (bicyclic) bond motifs is 1. The van der Waals surface area contributed by atoms with Crippen molar-refractivity contribution in [3.63, 3.8) is 0 Å². The fourth-order valence-electron chi connectivity index (χ4n) is 4.52. The van der Waals surface area contributed by atoms with Crippen molar-refractivity contribution in [3.05, 3.63) is 71.9 Å². The number of nitrogens with zero attached hydrogens (tertiary/aromatic N) is 1. The number of aryl methyl sites for hydroxylation is 1. The molecule has 0 saturated carbocycles. The zero-order chi connectivity index (χ0) is 28.4. The number of carbonyl (C=O) groups excluding carboxylic acids is 3. The highest BCUT2D eigenvalue weighted by Gasteiger charge is 2.35. The van der Waals surface area contributed by atoms with Crippen molar-refractivity contribution in [2.24, 2.45) is 5.73 Å². The van der Waals surface area contributed by atoms with Crippen LogP contribution in [0.3, 0.4) is 0 Å². The maximum atomic E-state index is 12.5. The Bertz CT molecular complexity index is 1280. The summed E-state index contributed by atoms with van der Waals surface area (Å²) in [4.78, 5) is 52.8. The van der Waals surface area contributed by atoms with Gasteiger partial charge < -0.3 is 31.4 Å². The Hall–Kier alpha value is -4.18. The molecule has 3 unspecified atom stereocenters. The summed E-state index contributed by atoms with van der Waals surface area (Å²) in [6.07, 6.45) is 3.72. The number of aromatic nitrogens is 1. The summed E-state index contributed by atoms with van der Waals surface area (Å²) < 4.78 is 0. The molecule has 2 aromatic carbocycles. The van der Waals surface area contributed by atoms with Gasteiger partial charge in [0.2, 0.25) is 17.7 Å². The number of hydrogen-bond acceptors (Lipinski definition) is 5. The maximum Gasteiger partial charge on any atom is 0.326 e. The second kappa shape index (κ2) is 14.1. The largest absolute Gasteiger partial charge is 0.480 e. The smallest absolute Gasteiger partial charge is 0.326 e. The number of amides is 3. The van der Waals surface area contributed by atoms with Crippen LogP contribution >= 0.6 is 0 Å². The quantitative estimate of drug-likeness (QED) is 0.282. The van der Waals surface area contributed by atoms with E-state index >= 15 is 0 Å². The Morgan fingerprint density at radius 2 is 1.79 bits per heavy atom. The molecule has 0 spiro atoms. The van der Waals surface area contributed by atoms with Crippen molar-refractivity contribution in [2.75, 3.05) is 13.1 Å². The Balaban J connectivity index is 0.000000346. The molecule has 10 heteroatoms. The van der Waals surface area contributed by atoms with Crippen LogP contribution in [0.15, 0.2) is 60.8 Å². The van der Waals surface area contributed by atoms with Crippen molar-refractivity contribution in [3.8, 4) is 0 Å². The summed E-state index contributed by atoms with van der Waals surface area (Å²) in [7, 11) is 0. The molecule has 208 valence electrons. The SMILES string of the molecule is CCC(NC(=O)C1CCCN1C(=O)CNC(=O)C(N)Cc1ccccc1)C(=O)O.Cc1c[nH]c2ccccc12. The van der Waals surface area contributed by atoms with Crippen LogP contribution in [0.1, 0.15) is 37.3 Å². The Morgan fingerprint density at radius 3 is 2.46 bits per heavy atom. The number of carbonyl (C=O) groups is 4. The lowest BCUT2D eigenvalue weighted by Crippen LogP contribution is -2.53. The predicted molar refractivity (Wildman–Crippen MR) is 149 cm³/mol. The van der Waals surface area contributed by atoms with E-state index in [4.69, 9.17) is 10.8 Å². The van der Waals surface area contributed by atoms with Gasteiger partial charge in [-0.3, -0.25) is 14.4 Å². The summed E-state index contributed by atoms with van der Waals surface area (Å²) in [5.74, 6) is -2.45. The maximum absolute atomic E-state index is 12.5. The van der Waals surface area contributed by atoms with Crippen LogP contribution in [0.25, 0.3) is 10.9 Å². The van der Waals surface area contributed by atoms with Gasteiger partial charge in [0.1, 0.15) is 12.1 Å². The molecular weight excluding hydrogens is 498 g/mol. The number of aromatic amines is 1. The number of H-pyrrole nitrogens is 1. The molecule has 6 N–H and O–H groups in total. The number of hydrogen-bond donors (Lipinski definition) is 5. The van der Waals surface area contributed by atoms with E-state index in [9.17, 15) is 19.2 Å². The molecule has 1 aliphatic rings. The number of nitrogens with two attached hydrogens (primary N) is 1. The highest BCUT2D eigenvalue weighted by molar-refractivity contribution is 5.93. The summed E-state index contributed by atoms with van der Waals surface area (Å²) in [5.41, 5.74) is 9.36. The van der Waals surface area contributed by atoms with Crippen LogP contribution in [-0.4, -0.2) is 69.9 Å². The lowest BCUT2D eigenvalue weighted by Gasteiger charge is -2.25. The number of carboxylic acids is 1. The fourth-order valence-corrected chi connectivity index (χ4v) is 4.52. The van der Waals surface area contributed by atoms with Crippen molar-refractivity contribution >= 4 is 34.6 Å². The average molecular weight is 536 g/mol. The van der Waals surface area contributed by atoms with Gasteiger partial charge in [-0.15, -0.1) is 0 Å². The van der Waals surface area contributed by atoms with Gasteiger partial charge in [-0.25, -0.2) is 4.79 Å². The number of benzene rings is 2. The average Bonchev–Trinajstić information content (AvgIpc) is 3.58. The minimum atomic E-state index is -1.11. The number of rotatable bonds is 9. The highest BCUT2D eigenvalue weighted by atomic mass is 16.4. The van der Waals surface area contributed by atoms with Crippen LogP contribution < -0.4 is 16.4 Å². The summed E-state index contributed by atoms with van der Waals surface area (Å²) in [6, 6.07) is 15.1. The molecule has 3 amide bonds. The zero-order valence-electron chi connectivity index (χ0n) is 22.4. The molecule has 10 nitrogen and oxygen atoms in total. The minimum Gasteiger partial charge on any atom is -0.480 e. The Morgan fingerprint density at radius 1 is 1.10 bits per heavy atom. The molecule has 4 rings (SSSR count). The van der Waals surface area contributed by atoms with E-state index in [1.54, 1.807) is 6.92 Å². The normalized spacial score (nSPS) is 16.1. The van der Waals surface area contributed by atoms with Crippen LogP contribution in [0.5, 0.6) is 0 Å². The molecule has 1 saturated heterocycles. The van der Waals surface area contributed by atoms with Crippen molar-refractivity contribution in [1.82, 2.24) is 20.5 Å².